The molecule has 0 spiro atoms. The molecule has 2 nitrogen and oxygen atoms in total. The van der Waals surface area contributed by atoms with Crippen molar-refractivity contribution in [3.63, 3.8) is 0 Å². The summed E-state index contributed by atoms with van der Waals surface area (Å²) < 4.78 is 53.3. The molecule has 0 unspecified atom stereocenters. The minimum Gasteiger partial charge on any atom is -0.428 e. The minimum atomic E-state index is -4.49. The third-order valence-electron chi connectivity index (χ3n) is 2.68. The van der Waals surface area contributed by atoms with Gasteiger partial charge in [-0.3, -0.25) is 0 Å². The zero-order chi connectivity index (χ0) is 14.8. The highest BCUT2D eigenvalue weighted by atomic mass is 19.3. The third kappa shape index (κ3) is 4.09. The lowest BCUT2D eigenvalue weighted by Gasteiger charge is -2.27. The highest BCUT2D eigenvalue weighted by Gasteiger charge is 2.43. The van der Waals surface area contributed by atoms with E-state index in [-0.39, 0.29) is 17.2 Å². The van der Waals surface area contributed by atoms with Crippen molar-refractivity contribution in [3.05, 3.63) is 29.8 Å². The van der Waals surface area contributed by atoms with Crippen molar-refractivity contribution >= 4 is 0 Å². The Balaban J connectivity index is 2.83. The first-order valence-electron chi connectivity index (χ1n) is 5.74. The number of hydrogen-bond acceptors (Lipinski definition) is 2. The maximum atomic E-state index is 12.7. The fourth-order valence-corrected chi connectivity index (χ4v) is 1.44. The molecule has 2 N–H and O–H groups in total. The van der Waals surface area contributed by atoms with Crippen LogP contribution in [0.25, 0.3) is 0 Å². The summed E-state index contributed by atoms with van der Waals surface area (Å²) in [5, 5.41) is 0. The molecule has 108 valence electrons. The average molecular weight is 279 g/mol. The van der Waals surface area contributed by atoms with Crippen molar-refractivity contribution in [1.29, 1.82) is 0 Å². The molecule has 1 aromatic carbocycles. The van der Waals surface area contributed by atoms with Crippen molar-refractivity contribution in [2.75, 3.05) is 0 Å². The molecule has 1 aromatic rings. The van der Waals surface area contributed by atoms with Crippen LogP contribution in [0.3, 0.4) is 0 Å². The fourth-order valence-electron chi connectivity index (χ4n) is 1.44. The lowest BCUT2D eigenvalue weighted by molar-refractivity contribution is -0.253. The summed E-state index contributed by atoms with van der Waals surface area (Å²) in [6, 6.07) is 5.10. The Morgan fingerprint density at radius 2 is 1.53 bits per heavy atom. The van der Waals surface area contributed by atoms with Crippen molar-refractivity contribution in [1.82, 2.24) is 0 Å². The average Bonchev–Trinajstić information content (AvgIpc) is 2.27. The van der Waals surface area contributed by atoms with E-state index in [0.717, 1.165) is 5.56 Å². The van der Waals surface area contributed by atoms with Crippen LogP contribution in [-0.4, -0.2) is 12.5 Å². The van der Waals surface area contributed by atoms with E-state index in [1.165, 1.54) is 24.3 Å². The van der Waals surface area contributed by atoms with Crippen molar-refractivity contribution in [2.45, 2.75) is 39.3 Å². The molecule has 1 rings (SSSR count). The van der Waals surface area contributed by atoms with Gasteiger partial charge in [0.1, 0.15) is 5.75 Å². The Labute approximate surface area is 109 Å². The maximum Gasteiger partial charge on any atom is 0.461 e. The molecule has 0 saturated carbocycles. The fraction of sp³-hybridized carbons (Fsp3) is 0.538. The molecule has 6 heteroatoms. The number of hydrogen-bond donors (Lipinski definition) is 1. The number of alkyl halides is 4. The van der Waals surface area contributed by atoms with Gasteiger partial charge in [0.05, 0.1) is 0 Å². The maximum absolute atomic E-state index is 12.7. The quantitative estimate of drug-likeness (QED) is 0.846. The van der Waals surface area contributed by atoms with Gasteiger partial charge >= 0.3 is 12.5 Å². The predicted molar refractivity (Wildman–Crippen MR) is 64.4 cm³/mol. The molecule has 0 bridgehead atoms. The van der Waals surface area contributed by atoms with E-state index in [0.29, 0.717) is 0 Å². The number of ether oxygens (including phenoxy) is 1. The number of nitrogens with two attached hydrogens (primary N) is 1. The van der Waals surface area contributed by atoms with Crippen LogP contribution in [0.1, 0.15) is 32.4 Å². The summed E-state index contributed by atoms with van der Waals surface area (Å²) in [6.07, 6.45) is -8.36. The molecule has 19 heavy (non-hydrogen) atoms. The summed E-state index contributed by atoms with van der Waals surface area (Å²) in [5.41, 5.74) is 6.51. The molecule has 0 radical (unpaired) electrons. The minimum absolute atomic E-state index is 0.199. The van der Waals surface area contributed by atoms with Crippen molar-refractivity contribution in [3.8, 4) is 5.75 Å². The second-order valence-electron chi connectivity index (χ2n) is 5.38. The van der Waals surface area contributed by atoms with E-state index in [2.05, 4.69) is 4.74 Å². The monoisotopic (exact) mass is 279 g/mol. The van der Waals surface area contributed by atoms with E-state index in [9.17, 15) is 17.6 Å². The van der Waals surface area contributed by atoms with Gasteiger partial charge in [-0.1, -0.05) is 32.9 Å². The van der Waals surface area contributed by atoms with Gasteiger partial charge in [0.2, 0.25) is 0 Å². The Morgan fingerprint density at radius 1 is 1.05 bits per heavy atom. The third-order valence-corrected chi connectivity index (χ3v) is 2.68. The topological polar surface area (TPSA) is 35.2 Å². The molecule has 0 heterocycles. The summed E-state index contributed by atoms with van der Waals surface area (Å²) in [5.74, 6) is -0.324. The number of halogens is 4. The molecule has 0 aliphatic rings. The van der Waals surface area contributed by atoms with Gasteiger partial charge in [-0.15, -0.1) is 0 Å². The van der Waals surface area contributed by atoms with Crippen LogP contribution in [0.2, 0.25) is 0 Å². The van der Waals surface area contributed by atoms with Gasteiger partial charge in [0.25, 0.3) is 0 Å². The Bertz CT molecular complexity index is 412. The molecular weight excluding hydrogens is 262 g/mol. The summed E-state index contributed by atoms with van der Waals surface area (Å²) in [7, 11) is 0. The molecule has 1 atom stereocenters. The van der Waals surface area contributed by atoms with E-state index in [1.54, 1.807) is 0 Å². The predicted octanol–water partition coefficient (Wildman–Crippen LogP) is 3.97. The largest absolute Gasteiger partial charge is 0.461 e. The highest BCUT2D eigenvalue weighted by molar-refractivity contribution is 5.30. The molecule has 0 aliphatic carbocycles. The van der Waals surface area contributed by atoms with E-state index in [1.807, 2.05) is 20.8 Å². The van der Waals surface area contributed by atoms with Crippen molar-refractivity contribution in [2.24, 2.45) is 11.1 Å². The van der Waals surface area contributed by atoms with Crippen LogP contribution in [0, 0.1) is 5.41 Å². The second-order valence-corrected chi connectivity index (χ2v) is 5.38. The molecule has 0 aromatic heterocycles. The van der Waals surface area contributed by atoms with E-state index < -0.39 is 12.5 Å². The molecule has 0 fully saturated rings. The van der Waals surface area contributed by atoms with Gasteiger partial charge in [-0.05, 0) is 23.1 Å². The van der Waals surface area contributed by atoms with Gasteiger partial charge in [0.15, 0.2) is 0 Å². The molecule has 0 saturated heterocycles. The van der Waals surface area contributed by atoms with E-state index >= 15 is 0 Å². The van der Waals surface area contributed by atoms with Gasteiger partial charge in [-0.2, -0.15) is 17.6 Å². The Kier molecular flexibility index (Phi) is 4.45. The second kappa shape index (κ2) is 5.36. The summed E-state index contributed by atoms with van der Waals surface area (Å²) in [6.45, 7) is 5.81. The summed E-state index contributed by atoms with van der Waals surface area (Å²) in [4.78, 5) is 0. The summed E-state index contributed by atoms with van der Waals surface area (Å²) >= 11 is 0. The van der Waals surface area contributed by atoms with Gasteiger partial charge in [-0.25, -0.2) is 0 Å². The first-order chi connectivity index (χ1) is 8.54. The Morgan fingerprint density at radius 3 is 1.89 bits per heavy atom. The first kappa shape index (κ1) is 15.8. The SMILES string of the molecule is CC(C)(C)[C@@H](N)c1ccc(OC(F)(F)C(F)F)cc1. The first-order valence-corrected chi connectivity index (χ1v) is 5.74. The van der Waals surface area contributed by atoms with Crippen LogP contribution in [-0.2, 0) is 0 Å². The molecule has 0 amide bonds. The zero-order valence-electron chi connectivity index (χ0n) is 11.0. The number of benzene rings is 1. The highest BCUT2D eigenvalue weighted by Crippen LogP contribution is 2.32. The van der Waals surface area contributed by atoms with Crippen LogP contribution in [0.4, 0.5) is 17.6 Å². The lowest BCUT2D eigenvalue weighted by Crippen LogP contribution is -2.33. The van der Waals surface area contributed by atoms with Crippen molar-refractivity contribution < 1.29 is 22.3 Å². The van der Waals surface area contributed by atoms with E-state index in [4.69, 9.17) is 5.73 Å². The number of rotatable bonds is 4. The molecule has 0 aliphatic heterocycles. The van der Waals surface area contributed by atoms with Gasteiger partial charge in [0, 0.05) is 6.04 Å². The van der Waals surface area contributed by atoms with Crippen LogP contribution in [0.15, 0.2) is 24.3 Å². The van der Waals surface area contributed by atoms with Gasteiger partial charge < -0.3 is 10.5 Å². The van der Waals surface area contributed by atoms with Crippen LogP contribution < -0.4 is 10.5 Å². The standard InChI is InChI=1S/C13H17F4NO/c1-12(2,3)10(18)8-4-6-9(7-5-8)19-13(16,17)11(14)15/h4-7,10-11H,18H2,1-3H3/t10-/m0/s1. The molecular formula is C13H17F4NO. The lowest BCUT2D eigenvalue weighted by atomic mass is 9.83. The van der Waals surface area contributed by atoms with Crippen LogP contribution in [0.5, 0.6) is 5.75 Å². The zero-order valence-corrected chi connectivity index (χ0v) is 11.0. The normalized spacial score (nSPS) is 14.6. The van der Waals surface area contributed by atoms with Crippen LogP contribution >= 0.6 is 0 Å². The smallest absolute Gasteiger partial charge is 0.428 e. The Hall–Kier alpha value is -1.30.